The lowest BCUT2D eigenvalue weighted by molar-refractivity contribution is 0.590. The Balaban J connectivity index is 2.97. The Bertz CT molecular complexity index is 503. The van der Waals surface area contributed by atoms with Crippen LogP contribution in [0.1, 0.15) is 19.8 Å². The highest BCUT2D eigenvalue weighted by atomic mass is 32.2. The van der Waals surface area contributed by atoms with Crippen LogP contribution in [0.2, 0.25) is 0 Å². The first-order valence-corrected chi connectivity index (χ1v) is 7.47. The predicted molar refractivity (Wildman–Crippen MR) is 73.0 cm³/mol. The van der Waals surface area contributed by atoms with Gasteiger partial charge < -0.3 is 5.32 Å². The fourth-order valence-corrected chi connectivity index (χ4v) is 2.89. The van der Waals surface area contributed by atoms with Gasteiger partial charge >= 0.3 is 0 Å². The molecule has 0 spiro atoms. The summed E-state index contributed by atoms with van der Waals surface area (Å²) in [6.07, 6.45) is 1.41. The zero-order valence-electron chi connectivity index (χ0n) is 10.9. The van der Waals surface area contributed by atoms with Crippen molar-refractivity contribution in [1.29, 1.82) is 0 Å². The Hall–Kier alpha value is -1.30. The topological polar surface area (TPSA) is 49.4 Å². The molecule has 1 aromatic carbocycles. The maximum absolute atomic E-state index is 13.6. The molecule has 0 bridgehead atoms. The lowest BCUT2D eigenvalue weighted by atomic mass is 10.2. The van der Waals surface area contributed by atoms with Gasteiger partial charge in [-0.1, -0.05) is 13.3 Å². The summed E-state index contributed by atoms with van der Waals surface area (Å²) in [5.74, 6) is -0.386. The molecule has 1 rings (SSSR count). The summed E-state index contributed by atoms with van der Waals surface area (Å²) in [7, 11) is -0.311. The van der Waals surface area contributed by atoms with Crippen LogP contribution in [0.4, 0.5) is 15.8 Å². The average Bonchev–Trinajstić information content (AvgIpc) is 2.35. The first-order chi connectivity index (χ1) is 8.42. The third-order valence-electron chi connectivity index (χ3n) is 2.76. The van der Waals surface area contributed by atoms with Crippen LogP contribution in [-0.2, 0) is 10.0 Å². The Morgan fingerprint density at radius 2 is 2.06 bits per heavy atom. The minimum atomic E-state index is -3.37. The van der Waals surface area contributed by atoms with Crippen molar-refractivity contribution in [2.75, 3.05) is 29.5 Å². The molecule has 0 aromatic heterocycles. The summed E-state index contributed by atoms with van der Waals surface area (Å²) in [6.45, 7) is 1.93. The number of rotatable bonds is 6. The molecular formula is C12H19FN2O2S. The van der Waals surface area contributed by atoms with E-state index in [1.165, 1.54) is 19.2 Å². The molecular weight excluding hydrogens is 255 g/mol. The van der Waals surface area contributed by atoms with E-state index < -0.39 is 15.8 Å². The molecule has 0 saturated carbocycles. The van der Waals surface area contributed by atoms with Crippen molar-refractivity contribution in [3.05, 3.63) is 24.0 Å². The number of hydrogen-bond acceptors (Lipinski definition) is 3. The van der Waals surface area contributed by atoms with Crippen LogP contribution in [0.15, 0.2) is 18.2 Å². The molecule has 0 amide bonds. The molecule has 6 heteroatoms. The lowest BCUT2D eigenvalue weighted by Gasteiger charge is -2.19. The number of anilines is 2. The zero-order valence-corrected chi connectivity index (χ0v) is 11.7. The molecule has 0 aliphatic rings. The van der Waals surface area contributed by atoms with E-state index in [1.54, 1.807) is 13.1 Å². The molecule has 0 heterocycles. The normalized spacial score (nSPS) is 11.3. The number of sulfonamides is 1. The van der Waals surface area contributed by atoms with Gasteiger partial charge in [-0.15, -0.1) is 0 Å². The van der Waals surface area contributed by atoms with E-state index in [4.69, 9.17) is 0 Å². The first kappa shape index (κ1) is 14.8. The maximum atomic E-state index is 13.6. The Morgan fingerprint density at radius 3 is 2.56 bits per heavy atom. The van der Waals surface area contributed by atoms with Gasteiger partial charge in [-0.05, 0) is 18.6 Å². The highest BCUT2D eigenvalue weighted by Crippen LogP contribution is 2.23. The number of hydrogen-bond donors (Lipinski definition) is 1. The summed E-state index contributed by atoms with van der Waals surface area (Å²) >= 11 is 0. The summed E-state index contributed by atoms with van der Waals surface area (Å²) in [4.78, 5) is 0. The maximum Gasteiger partial charge on any atom is 0.234 e. The van der Waals surface area contributed by atoms with Crippen molar-refractivity contribution < 1.29 is 12.8 Å². The molecule has 0 atom stereocenters. The number of unbranched alkanes of at least 4 members (excludes halogenated alkanes) is 1. The van der Waals surface area contributed by atoms with Gasteiger partial charge in [0.1, 0.15) is 5.82 Å². The number of nitrogens with zero attached hydrogens (tertiary/aromatic N) is 1. The van der Waals surface area contributed by atoms with E-state index in [0.717, 1.165) is 10.7 Å². The number of halogens is 1. The highest BCUT2D eigenvalue weighted by molar-refractivity contribution is 7.92. The van der Waals surface area contributed by atoms with Gasteiger partial charge in [-0.2, -0.15) is 0 Å². The van der Waals surface area contributed by atoms with Crippen molar-refractivity contribution in [3.8, 4) is 0 Å². The van der Waals surface area contributed by atoms with Gasteiger partial charge in [0.05, 0.1) is 17.1 Å². The van der Waals surface area contributed by atoms with Crippen molar-refractivity contribution in [1.82, 2.24) is 0 Å². The van der Waals surface area contributed by atoms with Crippen LogP contribution in [0, 0.1) is 5.82 Å². The first-order valence-electron chi connectivity index (χ1n) is 5.86. The molecule has 0 aliphatic heterocycles. The molecule has 0 aliphatic carbocycles. The molecule has 0 saturated heterocycles. The van der Waals surface area contributed by atoms with Gasteiger partial charge in [0.2, 0.25) is 10.0 Å². The van der Waals surface area contributed by atoms with E-state index in [-0.39, 0.29) is 5.75 Å². The second kappa shape index (κ2) is 6.04. The quantitative estimate of drug-likeness (QED) is 0.866. The minimum absolute atomic E-state index is 0.0788. The third kappa shape index (κ3) is 3.35. The standard InChI is InChI=1S/C12H19FN2O2S/c1-4-5-8-18(16,17)15(3)10-6-7-12(14-2)11(13)9-10/h6-7,9,14H,4-5,8H2,1-3H3. The largest absolute Gasteiger partial charge is 0.386 e. The SMILES string of the molecule is CCCCS(=O)(=O)N(C)c1ccc(NC)c(F)c1. The second-order valence-electron chi connectivity index (χ2n) is 4.05. The van der Waals surface area contributed by atoms with Crippen LogP contribution >= 0.6 is 0 Å². The lowest BCUT2D eigenvalue weighted by Crippen LogP contribution is -2.29. The molecule has 102 valence electrons. The van der Waals surface area contributed by atoms with Crippen LogP contribution in [0.5, 0.6) is 0 Å². The van der Waals surface area contributed by atoms with Gasteiger partial charge in [0.25, 0.3) is 0 Å². The fourth-order valence-electron chi connectivity index (χ4n) is 1.53. The van der Waals surface area contributed by atoms with E-state index in [1.807, 2.05) is 6.92 Å². The van der Waals surface area contributed by atoms with E-state index in [9.17, 15) is 12.8 Å². The minimum Gasteiger partial charge on any atom is -0.386 e. The van der Waals surface area contributed by atoms with Crippen LogP contribution < -0.4 is 9.62 Å². The monoisotopic (exact) mass is 274 g/mol. The van der Waals surface area contributed by atoms with Gasteiger partial charge in [0.15, 0.2) is 0 Å². The molecule has 18 heavy (non-hydrogen) atoms. The summed E-state index contributed by atoms with van der Waals surface area (Å²) in [6, 6.07) is 4.32. The third-order valence-corrected chi connectivity index (χ3v) is 4.61. The second-order valence-corrected chi connectivity index (χ2v) is 6.17. The predicted octanol–water partition coefficient (Wildman–Crippen LogP) is 2.43. The Morgan fingerprint density at radius 1 is 1.39 bits per heavy atom. The molecule has 0 fully saturated rings. The molecule has 1 aromatic rings. The van der Waals surface area contributed by atoms with Gasteiger partial charge in [-0.3, -0.25) is 4.31 Å². The van der Waals surface area contributed by atoms with Crippen molar-refractivity contribution in [2.45, 2.75) is 19.8 Å². The molecule has 4 nitrogen and oxygen atoms in total. The summed E-state index contributed by atoms with van der Waals surface area (Å²) < 4.78 is 38.6. The molecule has 1 N–H and O–H groups in total. The van der Waals surface area contributed by atoms with E-state index in [2.05, 4.69) is 5.32 Å². The van der Waals surface area contributed by atoms with E-state index >= 15 is 0 Å². The smallest absolute Gasteiger partial charge is 0.234 e. The van der Waals surface area contributed by atoms with Gasteiger partial charge in [-0.25, -0.2) is 12.8 Å². The van der Waals surface area contributed by atoms with Crippen molar-refractivity contribution in [3.63, 3.8) is 0 Å². The number of nitrogens with one attached hydrogen (secondary N) is 1. The van der Waals surface area contributed by atoms with Gasteiger partial charge in [0, 0.05) is 20.2 Å². The van der Waals surface area contributed by atoms with Crippen molar-refractivity contribution >= 4 is 21.4 Å². The number of benzene rings is 1. The van der Waals surface area contributed by atoms with Crippen LogP contribution in [0.3, 0.4) is 0 Å². The van der Waals surface area contributed by atoms with Crippen LogP contribution in [0.25, 0.3) is 0 Å². The Labute approximate surface area is 108 Å². The van der Waals surface area contributed by atoms with Crippen LogP contribution in [-0.4, -0.2) is 28.3 Å². The van der Waals surface area contributed by atoms with Crippen molar-refractivity contribution in [2.24, 2.45) is 0 Å². The Kier molecular flexibility index (Phi) is 4.95. The summed E-state index contributed by atoms with van der Waals surface area (Å²) in [5, 5.41) is 2.69. The fraction of sp³-hybridized carbons (Fsp3) is 0.500. The molecule has 0 radical (unpaired) electrons. The highest BCUT2D eigenvalue weighted by Gasteiger charge is 2.18. The average molecular weight is 274 g/mol. The van der Waals surface area contributed by atoms with E-state index in [0.29, 0.717) is 17.8 Å². The zero-order chi connectivity index (χ0) is 13.8. The summed E-state index contributed by atoms with van der Waals surface area (Å²) in [5.41, 5.74) is 0.681. The molecule has 0 unspecified atom stereocenters.